The van der Waals surface area contributed by atoms with Gasteiger partial charge in [-0.25, -0.2) is 8.78 Å². The fraction of sp³-hybridized carbons (Fsp3) is 0.0769. The van der Waals surface area contributed by atoms with Crippen LogP contribution in [-0.4, -0.2) is 0 Å². The number of hydrogen-bond acceptors (Lipinski definition) is 1. The Hall–Kier alpha value is -1.13. The lowest BCUT2D eigenvalue weighted by atomic mass is 10.2. The van der Waals surface area contributed by atoms with Gasteiger partial charge in [0.1, 0.15) is 5.82 Å². The molecule has 0 aliphatic rings. The molecular formula is C13H9BrClF2N. The lowest BCUT2D eigenvalue weighted by molar-refractivity contribution is 0.585. The predicted molar refractivity (Wildman–Crippen MR) is 72.8 cm³/mol. The highest BCUT2D eigenvalue weighted by atomic mass is 79.9. The van der Waals surface area contributed by atoms with Crippen LogP contribution in [0.1, 0.15) is 5.56 Å². The van der Waals surface area contributed by atoms with Gasteiger partial charge in [0.25, 0.3) is 0 Å². The van der Waals surface area contributed by atoms with Gasteiger partial charge >= 0.3 is 0 Å². The molecule has 2 aromatic carbocycles. The van der Waals surface area contributed by atoms with Gasteiger partial charge in [0.05, 0.1) is 10.7 Å². The van der Waals surface area contributed by atoms with Gasteiger partial charge in [-0.1, -0.05) is 39.7 Å². The molecule has 1 nitrogen and oxygen atoms in total. The van der Waals surface area contributed by atoms with Gasteiger partial charge in [0, 0.05) is 17.1 Å². The van der Waals surface area contributed by atoms with E-state index in [2.05, 4.69) is 21.2 Å². The lowest BCUT2D eigenvalue weighted by Gasteiger charge is -2.10. The van der Waals surface area contributed by atoms with Gasteiger partial charge in [0.2, 0.25) is 0 Å². The monoisotopic (exact) mass is 331 g/mol. The van der Waals surface area contributed by atoms with Crippen molar-refractivity contribution in [3.8, 4) is 0 Å². The smallest absolute Gasteiger partial charge is 0.150 e. The zero-order chi connectivity index (χ0) is 13.1. The number of hydrogen-bond donors (Lipinski definition) is 1. The first-order valence-electron chi connectivity index (χ1n) is 5.19. The molecule has 0 aliphatic carbocycles. The Morgan fingerprint density at radius 1 is 1.17 bits per heavy atom. The average Bonchev–Trinajstić information content (AvgIpc) is 2.27. The number of anilines is 1. The van der Waals surface area contributed by atoms with Crippen LogP contribution < -0.4 is 5.32 Å². The molecule has 2 aromatic rings. The first-order chi connectivity index (χ1) is 8.56. The van der Waals surface area contributed by atoms with E-state index in [-0.39, 0.29) is 10.7 Å². The first-order valence-corrected chi connectivity index (χ1v) is 6.36. The summed E-state index contributed by atoms with van der Waals surface area (Å²) in [6, 6.07) is 9.46. The Labute approximate surface area is 117 Å². The van der Waals surface area contributed by atoms with Crippen LogP contribution in [0.4, 0.5) is 14.5 Å². The van der Waals surface area contributed by atoms with E-state index in [9.17, 15) is 8.78 Å². The maximum Gasteiger partial charge on any atom is 0.150 e. The predicted octanol–water partition coefficient (Wildman–Crippen LogP) is 4.99. The Morgan fingerprint density at radius 3 is 2.61 bits per heavy atom. The van der Waals surface area contributed by atoms with Crippen molar-refractivity contribution in [3.05, 3.63) is 63.1 Å². The van der Waals surface area contributed by atoms with Gasteiger partial charge < -0.3 is 5.32 Å². The molecule has 0 bridgehead atoms. The van der Waals surface area contributed by atoms with Gasteiger partial charge in [-0.3, -0.25) is 0 Å². The molecular weight excluding hydrogens is 324 g/mol. The number of benzene rings is 2. The number of halogens is 4. The van der Waals surface area contributed by atoms with E-state index in [0.717, 1.165) is 22.2 Å². The van der Waals surface area contributed by atoms with Crippen molar-refractivity contribution in [1.29, 1.82) is 0 Å². The second kappa shape index (κ2) is 5.67. The Kier molecular flexibility index (Phi) is 4.19. The van der Waals surface area contributed by atoms with E-state index in [1.807, 2.05) is 24.3 Å². The van der Waals surface area contributed by atoms with Crippen molar-refractivity contribution >= 4 is 33.2 Å². The SMILES string of the molecule is Fc1cc(F)c(NCc2cccc(Br)c2)c(Cl)c1. The summed E-state index contributed by atoms with van der Waals surface area (Å²) in [6.07, 6.45) is 0. The lowest BCUT2D eigenvalue weighted by Crippen LogP contribution is -2.02. The summed E-state index contributed by atoms with van der Waals surface area (Å²) in [5.41, 5.74) is 1.07. The molecule has 0 unspecified atom stereocenters. The van der Waals surface area contributed by atoms with Crippen LogP contribution in [0.15, 0.2) is 40.9 Å². The molecule has 2 rings (SSSR count). The first kappa shape index (κ1) is 13.3. The summed E-state index contributed by atoms with van der Waals surface area (Å²) in [5.74, 6) is -1.39. The van der Waals surface area contributed by atoms with Gasteiger partial charge in [0.15, 0.2) is 5.82 Å². The number of rotatable bonds is 3. The molecule has 0 aromatic heterocycles. The zero-order valence-corrected chi connectivity index (χ0v) is 11.5. The summed E-state index contributed by atoms with van der Waals surface area (Å²) in [5, 5.41) is 2.89. The van der Waals surface area contributed by atoms with E-state index in [1.165, 1.54) is 0 Å². The fourth-order valence-corrected chi connectivity index (χ4v) is 2.26. The van der Waals surface area contributed by atoms with Crippen molar-refractivity contribution in [2.45, 2.75) is 6.54 Å². The van der Waals surface area contributed by atoms with Crippen molar-refractivity contribution < 1.29 is 8.78 Å². The van der Waals surface area contributed by atoms with E-state index >= 15 is 0 Å². The molecule has 0 aliphatic heterocycles. The van der Waals surface area contributed by atoms with Crippen molar-refractivity contribution in [2.24, 2.45) is 0 Å². The topological polar surface area (TPSA) is 12.0 Å². The van der Waals surface area contributed by atoms with Gasteiger partial charge in [-0.15, -0.1) is 0 Å². The summed E-state index contributed by atoms with van der Waals surface area (Å²) < 4.78 is 27.3. The Morgan fingerprint density at radius 2 is 1.94 bits per heavy atom. The molecule has 94 valence electrons. The largest absolute Gasteiger partial charge is 0.377 e. The third-order valence-electron chi connectivity index (χ3n) is 2.37. The molecule has 0 radical (unpaired) electrons. The van der Waals surface area contributed by atoms with E-state index < -0.39 is 11.6 Å². The minimum Gasteiger partial charge on any atom is -0.377 e. The second-order valence-corrected chi connectivity index (χ2v) is 5.05. The maximum atomic E-state index is 13.5. The molecule has 0 saturated carbocycles. The Bertz CT molecular complexity index is 552. The Balaban J connectivity index is 2.16. The third-order valence-corrected chi connectivity index (χ3v) is 3.16. The zero-order valence-electron chi connectivity index (χ0n) is 9.18. The molecule has 0 amide bonds. The summed E-state index contributed by atoms with van der Waals surface area (Å²) in [7, 11) is 0. The molecule has 5 heteroatoms. The normalized spacial score (nSPS) is 10.4. The second-order valence-electron chi connectivity index (χ2n) is 3.73. The van der Waals surface area contributed by atoms with Crippen molar-refractivity contribution in [3.63, 3.8) is 0 Å². The molecule has 0 spiro atoms. The van der Waals surface area contributed by atoms with Crippen LogP contribution in [0.5, 0.6) is 0 Å². The highest BCUT2D eigenvalue weighted by molar-refractivity contribution is 9.10. The van der Waals surface area contributed by atoms with Gasteiger partial charge in [-0.05, 0) is 23.8 Å². The van der Waals surface area contributed by atoms with E-state index in [4.69, 9.17) is 11.6 Å². The van der Waals surface area contributed by atoms with Gasteiger partial charge in [-0.2, -0.15) is 0 Å². The average molecular weight is 333 g/mol. The standard InChI is InChI=1S/C13H9BrClF2N/c14-9-3-1-2-8(4-9)7-18-13-11(15)5-10(16)6-12(13)17/h1-6,18H,7H2. The van der Waals surface area contributed by atoms with Crippen molar-refractivity contribution in [1.82, 2.24) is 0 Å². The van der Waals surface area contributed by atoms with Crippen LogP contribution in [0.3, 0.4) is 0 Å². The van der Waals surface area contributed by atoms with Crippen LogP contribution in [0.2, 0.25) is 5.02 Å². The summed E-state index contributed by atoms with van der Waals surface area (Å²) in [4.78, 5) is 0. The van der Waals surface area contributed by atoms with Crippen LogP contribution in [0, 0.1) is 11.6 Å². The van der Waals surface area contributed by atoms with Crippen LogP contribution in [-0.2, 0) is 6.54 Å². The quantitative estimate of drug-likeness (QED) is 0.834. The molecule has 0 heterocycles. The third kappa shape index (κ3) is 3.21. The molecule has 18 heavy (non-hydrogen) atoms. The summed E-state index contributed by atoms with van der Waals surface area (Å²) >= 11 is 9.13. The van der Waals surface area contributed by atoms with E-state index in [0.29, 0.717) is 6.54 Å². The number of nitrogens with one attached hydrogen (secondary N) is 1. The molecule has 0 fully saturated rings. The minimum atomic E-state index is -0.699. The molecule has 0 saturated heterocycles. The fourth-order valence-electron chi connectivity index (χ4n) is 1.55. The maximum absolute atomic E-state index is 13.5. The van der Waals surface area contributed by atoms with Crippen LogP contribution in [0.25, 0.3) is 0 Å². The molecule has 0 atom stereocenters. The van der Waals surface area contributed by atoms with Crippen LogP contribution >= 0.6 is 27.5 Å². The van der Waals surface area contributed by atoms with E-state index in [1.54, 1.807) is 0 Å². The highest BCUT2D eigenvalue weighted by Crippen LogP contribution is 2.27. The highest BCUT2D eigenvalue weighted by Gasteiger charge is 2.09. The van der Waals surface area contributed by atoms with Crippen molar-refractivity contribution in [2.75, 3.05) is 5.32 Å². The summed E-state index contributed by atoms with van der Waals surface area (Å²) in [6.45, 7) is 0.404. The minimum absolute atomic E-state index is 0.0301. The molecule has 1 N–H and O–H groups in total.